The molecular weight excluding hydrogens is 230 g/mol. The van der Waals surface area contributed by atoms with Gasteiger partial charge in [0, 0.05) is 13.0 Å². The Morgan fingerprint density at radius 1 is 1.33 bits per heavy atom. The molecule has 0 aliphatic rings. The molecule has 0 aromatic heterocycles. The monoisotopic (exact) mass is 251 g/mol. The molecule has 0 unspecified atom stereocenters. The zero-order valence-corrected chi connectivity index (χ0v) is 11.2. The van der Waals surface area contributed by atoms with Crippen molar-refractivity contribution in [3.8, 4) is 5.75 Å². The Balaban J connectivity index is 2.58. The number of hydrogen-bond acceptors (Lipinski definition) is 3. The predicted molar refractivity (Wildman–Crippen MR) is 70.9 cm³/mol. The van der Waals surface area contributed by atoms with Gasteiger partial charge in [-0.25, -0.2) is 0 Å². The van der Waals surface area contributed by atoms with Crippen LogP contribution in [0.3, 0.4) is 0 Å². The topological polar surface area (TPSA) is 58.6 Å². The van der Waals surface area contributed by atoms with Crippen molar-refractivity contribution in [2.45, 2.75) is 26.7 Å². The number of aliphatic hydroxyl groups excluding tert-OH is 1. The number of nitrogens with one attached hydrogen (secondary N) is 1. The summed E-state index contributed by atoms with van der Waals surface area (Å²) in [5.74, 6) is 0.779. The average molecular weight is 251 g/mol. The smallest absolute Gasteiger partial charge is 0.222 e. The van der Waals surface area contributed by atoms with Gasteiger partial charge in [0.25, 0.3) is 0 Å². The minimum absolute atomic E-state index is 0.105. The molecule has 1 aromatic rings. The first-order chi connectivity index (χ1) is 8.60. The standard InChI is InChI=1S/C14H21NO3/c1-10-11(2)13(18-3)5-4-12(10)6-8-15-14(17)7-9-16/h4-5,16H,6-9H2,1-3H3,(H,15,17). The summed E-state index contributed by atoms with van der Waals surface area (Å²) in [7, 11) is 1.66. The van der Waals surface area contributed by atoms with Gasteiger partial charge in [-0.05, 0) is 43.0 Å². The van der Waals surface area contributed by atoms with E-state index in [1.54, 1.807) is 7.11 Å². The number of amides is 1. The van der Waals surface area contributed by atoms with Gasteiger partial charge in [0.1, 0.15) is 5.75 Å². The highest BCUT2D eigenvalue weighted by atomic mass is 16.5. The molecule has 1 rings (SSSR count). The van der Waals surface area contributed by atoms with Crippen LogP contribution in [0.1, 0.15) is 23.1 Å². The van der Waals surface area contributed by atoms with Crippen molar-refractivity contribution in [1.82, 2.24) is 5.32 Å². The fourth-order valence-electron chi connectivity index (χ4n) is 1.87. The van der Waals surface area contributed by atoms with E-state index in [1.165, 1.54) is 11.1 Å². The molecule has 0 atom stereocenters. The third kappa shape index (κ3) is 3.74. The lowest BCUT2D eigenvalue weighted by atomic mass is 10.00. The number of ether oxygens (including phenoxy) is 1. The number of hydrogen-bond donors (Lipinski definition) is 2. The SMILES string of the molecule is COc1ccc(CCNC(=O)CCO)c(C)c1C. The molecule has 0 spiro atoms. The number of rotatable bonds is 6. The first kappa shape index (κ1) is 14.5. The minimum atomic E-state index is -0.111. The van der Waals surface area contributed by atoms with Gasteiger partial charge >= 0.3 is 0 Å². The molecule has 0 aliphatic heterocycles. The zero-order valence-electron chi connectivity index (χ0n) is 11.2. The van der Waals surface area contributed by atoms with Crippen molar-refractivity contribution >= 4 is 5.91 Å². The van der Waals surface area contributed by atoms with E-state index in [1.807, 2.05) is 19.1 Å². The predicted octanol–water partition coefficient (Wildman–Crippen LogP) is 1.35. The number of methoxy groups -OCH3 is 1. The molecule has 1 aromatic carbocycles. The van der Waals surface area contributed by atoms with Crippen molar-refractivity contribution in [3.63, 3.8) is 0 Å². The average Bonchev–Trinajstić information content (AvgIpc) is 2.35. The van der Waals surface area contributed by atoms with Gasteiger partial charge in [-0.2, -0.15) is 0 Å². The van der Waals surface area contributed by atoms with Crippen molar-refractivity contribution < 1.29 is 14.6 Å². The van der Waals surface area contributed by atoms with Crippen molar-refractivity contribution in [3.05, 3.63) is 28.8 Å². The van der Waals surface area contributed by atoms with Gasteiger partial charge in [-0.15, -0.1) is 0 Å². The maximum absolute atomic E-state index is 11.2. The fraction of sp³-hybridized carbons (Fsp3) is 0.500. The summed E-state index contributed by atoms with van der Waals surface area (Å²) in [6.45, 7) is 4.57. The number of benzene rings is 1. The molecular formula is C14H21NO3. The summed E-state index contributed by atoms with van der Waals surface area (Å²) < 4.78 is 5.26. The van der Waals surface area contributed by atoms with Crippen LogP contribution in [0.2, 0.25) is 0 Å². The van der Waals surface area contributed by atoms with Crippen LogP contribution >= 0.6 is 0 Å². The van der Waals surface area contributed by atoms with Crippen LogP contribution in [-0.2, 0) is 11.2 Å². The maximum atomic E-state index is 11.2. The zero-order chi connectivity index (χ0) is 13.5. The van der Waals surface area contributed by atoms with E-state index in [0.717, 1.165) is 17.7 Å². The van der Waals surface area contributed by atoms with Crippen LogP contribution in [0.25, 0.3) is 0 Å². The van der Waals surface area contributed by atoms with Gasteiger partial charge in [0.15, 0.2) is 0 Å². The van der Waals surface area contributed by atoms with E-state index in [9.17, 15) is 4.79 Å². The van der Waals surface area contributed by atoms with E-state index >= 15 is 0 Å². The van der Waals surface area contributed by atoms with Crippen LogP contribution in [-0.4, -0.2) is 31.3 Å². The van der Waals surface area contributed by atoms with Crippen LogP contribution < -0.4 is 10.1 Å². The lowest BCUT2D eigenvalue weighted by Crippen LogP contribution is -2.26. The molecule has 0 bridgehead atoms. The van der Waals surface area contributed by atoms with E-state index < -0.39 is 0 Å². The quantitative estimate of drug-likeness (QED) is 0.802. The van der Waals surface area contributed by atoms with Crippen LogP contribution in [0.4, 0.5) is 0 Å². The van der Waals surface area contributed by atoms with Crippen molar-refractivity contribution in [2.75, 3.05) is 20.3 Å². The van der Waals surface area contributed by atoms with Crippen LogP contribution in [0, 0.1) is 13.8 Å². The van der Waals surface area contributed by atoms with E-state index in [4.69, 9.17) is 9.84 Å². The largest absolute Gasteiger partial charge is 0.496 e. The van der Waals surface area contributed by atoms with Crippen LogP contribution in [0.15, 0.2) is 12.1 Å². The van der Waals surface area contributed by atoms with Gasteiger partial charge in [-0.3, -0.25) is 4.79 Å². The second-order valence-corrected chi connectivity index (χ2v) is 4.25. The van der Waals surface area contributed by atoms with Gasteiger partial charge < -0.3 is 15.2 Å². The summed E-state index contributed by atoms with van der Waals surface area (Å²) in [5.41, 5.74) is 3.54. The summed E-state index contributed by atoms with van der Waals surface area (Å²) >= 11 is 0. The molecule has 0 fully saturated rings. The second kappa shape index (κ2) is 7.01. The molecule has 4 heteroatoms. The third-order valence-electron chi connectivity index (χ3n) is 3.12. The summed E-state index contributed by atoms with van der Waals surface area (Å²) in [6.07, 6.45) is 0.953. The molecule has 0 heterocycles. The Morgan fingerprint density at radius 3 is 2.67 bits per heavy atom. The number of aliphatic hydroxyl groups is 1. The Hall–Kier alpha value is -1.55. The minimum Gasteiger partial charge on any atom is -0.496 e. The molecule has 1 amide bonds. The highest BCUT2D eigenvalue weighted by Gasteiger charge is 2.07. The Morgan fingerprint density at radius 2 is 2.06 bits per heavy atom. The molecule has 18 heavy (non-hydrogen) atoms. The fourth-order valence-corrected chi connectivity index (χ4v) is 1.87. The molecule has 0 radical (unpaired) electrons. The van der Waals surface area contributed by atoms with Gasteiger partial charge in [0.05, 0.1) is 13.7 Å². The highest BCUT2D eigenvalue weighted by Crippen LogP contribution is 2.23. The van der Waals surface area contributed by atoms with Crippen LogP contribution in [0.5, 0.6) is 5.75 Å². The Labute approximate surface area is 108 Å². The lowest BCUT2D eigenvalue weighted by Gasteiger charge is -2.12. The second-order valence-electron chi connectivity index (χ2n) is 4.25. The molecule has 2 N–H and O–H groups in total. The summed E-state index contributed by atoms with van der Waals surface area (Å²) in [6, 6.07) is 3.98. The summed E-state index contributed by atoms with van der Waals surface area (Å²) in [4.78, 5) is 11.2. The van der Waals surface area contributed by atoms with E-state index in [0.29, 0.717) is 6.54 Å². The Kier molecular flexibility index (Phi) is 5.65. The molecule has 100 valence electrons. The van der Waals surface area contributed by atoms with E-state index in [-0.39, 0.29) is 18.9 Å². The molecule has 0 saturated heterocycles. The van der Waals surface area contributed by atoms with E-state index in [2.05, 4.69) is 12.2 Å². The number of carbonyl (C=O) groups is 1. The lowest BCUT2D eigenvalue weighted by molar-refractivity contribution is -0.121. The summed E-state index contributed by atoms with van der Waals surface area (Å²) in [5, 5.41) is 11.4. The van der Waals surface area contributed by atoms with Crippen molar-refractivity contribution in [2.24, 2.45) is 0 Å². The third-order valence-corrected chi connectivity index (χ3v) is 3.12. The van der Waals surface area contributed by atoms with Gasteiger partial charge in [0.2, 0.25) is 5.91 Å². The molecule has 4 nitrogen and oxygen atoms in total. The molecule has 0 aliphatic carbocycles. The first-order valence-corrected chi connectivity index (χ1v) is 6.10. The first-order valence-electron chi connectivity index (χ1n) is 6.10. The normalized spacial score (nSPS) is 10.2. The van der Waals surface area contributed by atoms with Gasteiger partial charge in [-0.1, -0.05) is 6.07 Å². The number of carbonyl (C=O) groups excluding carboxylic acids is 1. The molecule has 0 saturated carbocycles. The highest BCUT2D eigenvalue weighted by molar-refractivity contribution is 5.75. The Bertz CT molecular complexity index is 416. The van der Waals surface area contributed by atoms with Crippen molar-refractivity contribution in [1.29, 1.82) is 0 Å². The maximum Gasteiger partial charge on any atom is 0.222 e.